The summed E-state index contributed by atoms with van der Waals surface area (Å²) in [4.78, 5) is 12.2. The average Bonchev–Trinajstić information content (AvgIpc) is 2.28. The van der Waals surface area contributed by atoms with Gasteiger partial charge in [0, 0.05) is 25.7 Å². The highest BCUT2D eigenvalue weighted by molar-refractivity contribution is 5.62. The first-order chi connectivity index (χ1) is 7.60. The maximum atomic E-state index is 10.7. The molecule has 0 radical (unpaired) electrons. The molecule has 5 heteroatoms. The van der Waals surface area contributed by atoms with Crippen LogP contribution in [-0.2, 0) is 0 Å². The van der Waals surface area contributed by atoms with Gasteiger partial charge in [0.05, 0.1) is 17.7 Å². The Kier molecular flexibility index (Phi) is 4.10. The molecule has 1 aromatic carbocycles. The van der Waals surface area contributed by atoms with Gasteiger partial charge >= 0.3 is 0 Å². The first kappa shape index (κ1) is 12.3. The zero-order chi connectivity index (χ0) is 12.1. The van der Waals surface area contributed by atoms with Crippen LogP contribution in [0.25, 0.3) is 0 Å². The molecule has 0 aliphatic carbocycles. The molecule has 0 saturated heterocycles. The van der Waals surface area contributed by atoms with Crippen molar-refractivity contribution in [2.24, 2.45) is 0 Å². The number of anilines is 1. The highest BCUT2D eigenvalue weighted by Gasteiger charge is 2.13. The van der Waals surface area contributed by atoms with Crippen LogP contribution in [-0.4, -0.2) is 25.6 Å². The van der Waals surface area contributed by atoms with Crippen LogP contribution in [0.5, 0.6) is 5.75 Å². The van der Waals surface area contributed by atoms with Gasteiger partial charge in [-0.25, -0.2) is 0 Å². The lowest BCUT2D eigenvalue weighted by Crippen LogP contribution is -2.18. The van der Waals surface area contributed by atoms with E-state index in [1.54, 1.807) is 13.2 Å². The molecule has 0 aliphatic heterocycles. The van der Waals surface area contributed by atoms with E-state index in [9.17, 15) is 10.1 Å². The first-order valence-corrected chi connectivity index (χ1v) is 5.13. The van der Waals surface area contributed by atoms with E-state index in [1.165, 1.54) is 12.1 Å². The van der Waals surface area contributed by atoms with Gasteiger partial charge in [0.1, 0.15) is 5.75 Å². The molecular weight excluding hydrogens is 208 g/mol. The molecule has 1 rings (SSSR count). The van der Waals surface area contributed by atoms with Gasteiger partial charge in [-0.1, -0.05) is 6.92 Å². The van der Waals surface area contributed by atoms with E-state index in [0.29, 0.717) is 5.75 Å². The Morgan fingerprint density at radius 2 is 2.19 bits per heavy atom. The summed E-state index contributed by atoms with van der Waals surface area (Å²) in [5, 5.41) is 10.7. The van der Waals surface area contributed by atoms with Crippen LogP contribution in [0, 0.1) is 10.1 Å². The first-order valence-electron chi connectivity index (χ1n) is 5.13. The van der Waals surface area contributed by atoms with Crippen molar-refractivity contribution < 1.29 is 9.66 Å². The molecule has 0 spiro atoms. The summed E-state index contributed by atoms with van der Waals surface area (Å²) in [5.74, 6) is 0.654. The molecule has 5 nitrogen and oxygen atoms in total. The molecule has 88 valence electrons. The van der Waals surface area contributed by atoms with Gasteiger partial charge in [0.2, 0.25) is 0 Å². The Hall–Kier alpha value is -1.78. The number of hydrogen-bond donors (Lipinski definition) is 0. The summed E-state index contributed by atoms with van der Waals surface area (Å²) in [7, 11) is 3.45. The maximum absolute atomic E-state index is 10.7. The lowest BCUT2D eigenvalue weighted by molar-refractivity contribution is -0.384. The van der Waals surface area contributed by atoms with Crippen molar-refractivity contribution in [3.8, 4) is 5.75 Å². The van der Waals surface area contributed by atoms with E-state index in [-0.39, 0.29) is 5.69 Å². The van der Waals surface area contributed by atoms with Gasteiger partial charge in [-0.15, -0.1) is 0 Å². The van der Waals surface area contributed by atoms with E-state index in [0.717, 1.165) is 18.7 Å². The van der Waals surface area contributed by atoms with E-state index in [4.69, 9.17) is 4.74 Å². The second-order valence-corrected chi connectivity index (χ2v) is 3.53. The molecule has 0 saturated carbocycles. The number of non-ortho nitro benzene ring substituents is 1. The minimum Gasteiger partial charge on any atom is -0.495 e. The Bertz CT molecular complexity index is 379. The predicted octanol–water partition coefficient (Wildman–Crippen LogP) is 2.45. The SMILES string of the molecule is CCCN(C)c1cc([N+](=O)[O-])ccc1OC. The number of nitro benzene ring substituents is 1. The summed E-state index contributed by atoms with van der Waals surface area (Å²) in [5.41, 5.74) is 0.831. The quantitative estimate of drug-likeness (QED) is 0.569. The zero-order valence-electron chi connectivity index (χ0n) is 9.77. The molecular formula is C11H16N2O3. The molecule has 0 aromatic heterocycles. The fourth-order valence-electron chi connectivity index (χ4n) is 1.55. The largest absolute Gasteiger partial charge is 0.495 e. The average molecular weight is 224 g/mol. The molecule has 0 bridgehead atoms. The molecule has 0 unspecified atom stereocenters. The normalized spacial score (nSPS) is 9.94. The van der Waals surface area contributed by atoms with Gasteiger partial charge in [-0.2, -0.15) is 0 Å². The fourth-order valence-corrected chi connectivity index (χ4v) is 1.55. The van der Waals surface area contributed by atoms with Crippen molar-refractivity contribution in [3.63, 3.8) is 0 Å². The molecule has 0 amide bonds. The van der Waals surface area contributed by atoms with Crippen molar-refractivity contribution in [1.82, 2.24) is 0 Å². The summed E-state index contributed by atoms with van der Waals surface area (Å²) in [6.07, 6.45) is 0.975. The number of ether oxygens (including phenoxy) is 1. The molecule has 1 aromatic rings. The Labute approximate surface area is 94.8 Å². The summed E-state index contributed by atoms with van der Waals surface area (Å²) < 4.78 is 5.18. The Morgan fingerprint density at radius 1 is 1.50 bits per heavy atom. The van der Waals surface area contributed by atoms with Crippen LogP contribution in [0.3, 0.4) is 0 Å². The van der Waals surface area contributed by atoms with Crippen LogP contribution in [0.2, 0.25) is 0 Å². The Balaban J connectivity index is 3.11. The number of rotatable bonds is 5. The maximum Gasteiger partial charge on any atom is 0.271 e. The van der Waals surface area contributed by atoms with Crippen LogP contribution in [0.15, 0.2) is 18.2 Å². The third-order valence-corrected chi connectivity index (χ3v) is 2.34. The van der Waals surface area contributed by atoms with E-state index in [1.807, 2.05) is 11.9 Å². The highest BCUT2D eigenvalue weighted by atomic mass is 16.6. The van der Waals surface area contributed by atoms with Gasteiger partial charge < -0.3 is 9.64 Å². The van der Waals surface area contributed by atoms with Gasteiger partial charge in [0.15, 0.2) is 0 Å². The second kappa shape index (κ2) is 5.34. The predicted molar refractivity (Wildman–Crippen MR) is 63.2 cm³/mol. The van der Waals surface area contributed by atoms with Crippen LogP contribution >= 0.6 is 0 Å². The molecule has 0 fully saturated rings. The van der Waals surface area contributed by atoms with E-state index in [2.05, 4.69) is 6.92 Å². The van der Waals surface area contributed by atoms with Crippen LogP contribution in [0.4, 0.5) is 11.4 Å². The molecule has 0 heterocycles. The van der Waals surface area contributed by atoms with Crippen molar-refractivity contribution in [3.05, 3.63) is 28.3 Å². The van der Waals surface area contributed by atoms with E-state index >= 15 is 0 Å². The zero-order valence-corrected chi connectivity index (χ0v) is 9.77. The van der Waals surface area contributed by atoms with Gasteiger partial charge in [0.25, 0.3) is 5.69 Å². The third kappa shape index (κ3) is 2.62. The van der Waals surface area contributed by atoms with E-state index < -0.39 is 4.92 Å². The standard InChI is InChI=1S/C11H16N2O3/c1-4-7-12(2)10-8-9(13(14)15)5-6-11(10)16-3/h5-6,8H,4,7H2,1-3H3. The summed E-state index contributed by atoms with van der Waals surface area (Å²) in [6, 6.07) is 4.61. The Morgan fingerprint density at radius 3 is 2.69 bits per heavy atom. The van der Waals surface area contributed by atoms with Crippen molar-refractivity contribution >= 4 is 11.4 Å². The van der Waals surface area contributed by atoms with Crippen LogP contribution < -0.4 is 9.64 Å². The lowest BCUT2D eigenvalue weighted by Gasteiger charge is -2.20. The van der Waals surface area contributed by atoms with Crippen molar-refractivity contribution in [2.45, 2.75) is 13.3 Å². The molecule has 0 aliphatic rings. The second-order valence-electron chi connectivity index (χ2n) is 3.53. The van der Waals surface area contributed by atoms with Gasteiger partial charge in [-0.3, -0.25) is 10.1 Å². The van der Waals surface area contributed by atoms with Crippen molar-refractivity contribution in [2.75, 3.05) is 25.6 Å². The van der Waals surface area contributed by atoms with Crippen molar-refractivity contribution in [1.29, 1.82) is 0 Å². The van der Waals surface area contributed by atoms with Crippen LogP contribution in [0.1, 0.15) is 13.3 Å². The highest BCUT2D eigenvalue weighted by Crippen LogP contribution is 2.31. The molecule has 0 atom stereocenters. The fraction of sp³-hybridized carbons (Fsp3) is 0.455. The van der Waals surface area contributed by atoms with Gasteiger partial charge in [-0.05, 0) is 12.5 Å². The number of methoxy groups -OCH3 is 1. The number of hydrogen-bond acceptors (Lipinski definition) is 4. The minimum atomic E-state index is -0.400. The number of benzene rings is 1. The topological polar surface area (TPSA) is 55.6 Å². The smallest absolute Gasteiger partial charge is 0.271 e. The number of nitro groups is 1. The molecule has 16 heavy (non-hydrogen) atoms. The number of nitrogens with zero attached hydrogens (tertiary/aromatic N) is 2. The summed E-state index contributed by atoms with van der Waals surface area (Å²) >= 11 is 0. The summed E-state index contributed by atoms with van der Waals surface area (Å²) in [6.45, 7) is 2.89. The lowest BCUT2D eigenvalue weighted by atomic mass is 10.2. The minimum absolute atomic E-state index is 0.0822. The monoisotopic (exact) mass is 224 g/mol. The third-order valence-electron chi connectivity index (χ3n) is 2.34. The molecule has 0 N–H and O–H groups in total.